The fraction of sp³-hybridized carbons (Fsp3) is 0.258. The van der Waals surface area contributed by atoms with Gasteiger partial charge in [0.25, 0.3) is 0 Å². The van der Waals surface area contributed by atoms with Crippen molar-refractivity contribution in [1.29, 1.82) is 0 Å². The Bertz CT molecular complexity index is 1600. The Morgan fingerprint density at radius 2 is 1.64 bits per heavy atom. The highest BCUT2D eigenvalue weighted by Crippen LogP contribution is 2.32. The quantitative estimate of drug-likeness (QED) is 0.215. The Morgan fingerprint density at radius 1 is 0.952 bits per heavy atom. The minimum atomic E-state index is -1.10. The number of anilines is 1. The number of esters is 1. The normalized spacial score (nSPS) is 13.2. The second-order valence-electron chi connectivity index (χ2n) is 9.86. The molecule has 218 valence electrons. The zero-order chi connectivity index (χ0) is 30.4. The molecular formula is C31H33N5O6. The molecular weight excluding hydrogens is 538 g/mol. The molecule has 1 amide bonds. The van der Waals surface area contributed by atoms with Crippen molar-refractivity contribution in [2.45, 2.75) is 45.0 Å². The lowest BCUT2D eigenvalue weighted by Crippen LogP contribution is -2.51. The molecule has 1 aromatic heterocycles. The van der Waals surface area contributed by atoms with Crippen LogP contribution in [0.5, 0.6) is 0 Å². The highest BCUT2D eigenvalue weighted by molar-refractivity contribution is 6.18. The van der Waals surface area contributed by atoms with E-state index >= 15 is 0 Å². The molecule has 0 unspecified atom stereocenters. The first-order valence-electron chi connectivity index (χ1n) is 13.3. The number of Topliss-reactive ketones (excluding diaryl/α,β-unsaturated/α-hetero) is 1. The van der Waals surface area contributed by atoms with E-state index in [1.54, 1.807) is 24.3 Å². The lowest BCUT2D eigenvalue weighted by atomic mass is 9.93. The molecule has 0 aliphatic heterocycles. The molecule has 11 nitrogen and oxygen atoms in total. The SMILES string of the molecule is COC(=O)[C@H](C)N(C(=O)[C@H](C)N)c1ccc2ccccc2c1C(=O)[C@@H](N)Cc1cn(C(=O)OCc2ccccc2)cn1. The fourth-order valence-electron chi connectivity index (χ4n) is 4.60. The van der Waals surface area contributed by atoms with Gasteiger partial charge in [0.2, 0.25) is 5.91 Å². The predicted molar refractivity (Wildman–Crippen MR) is 157 cm³/mol. The summed E-state index contributed by atoms with van der Waals surface area (Å²) in [6.07, 6.45) is 2.12. The van der Waals surface area contributed by atoms with Gasteiger partial charge in [0, 0.05) is 12.6 Å². The third-order valence-electron chi connectivity index (χ3n) is 6.79. The van der Waals surface area contributed by atoms with Gasteiger partial charge in [0.1, 0.15) is 19.0 Å². The summed E-state index contributed by atoms with van der Waals surface area (Å²) < 4.78 is 11.4. The maximum Gasteiger partial charge on any atom is 0.419 e. The van der Waals surface area contributed by atoms with Crippen LogP contribution in [0, 0.1) is 0 Å². The highest BCUT2D eigenvalue weighted by atomic mass is 16.5. The van der Waals surface area contributed by atoms with Gasteiger partial charge in [-0.05, 0) is 36.2 Å². The summed E-state index contributed by atoms with van der Waals surface area (Å²) in [5, 5.41) is 1.28. The minimum Gasteiger partial charge on any atom is -0.467 e. The van der Waals surface area contributed by atoms with Crippen LogP contribution in [0.25, 0.3) is 10.8 Å². The summed E-state index contributed by atoms with van der Waals surface area (Å²) in [6, 6.07) is 16.6. The van der Waals surface area contributed by atoms with Gasteiger partial charge in [-0.15, -0.1) is 0 Å². The molecule has 0 fully saturated rings. The van der Waals surface area contributed by atoms with Crippen LogP contribution >= 0.6 is 0 Å². The van der Waals surface area contributed by atoms with Crippen molar-refractivity contribution in [2.75, 3.05) is 12.0 Å². The van der Waals surface area contributed by atoms with Crippen LogP contribution < -0.4 is 16.4 Å². The average Bonchev–Trinajstić information content (AvgIpc) is 3.47. The average molecular weight is 572 g/mol. The summed E-state index contributed by atoms with van der Waals surface area (Å²) in [6.45, 7) is 3.09. The van der Waals surface area contributed by atoms with Gasteiger partial charge in [-0.25, -0.2) is 19.1 Å². The van der Waals surface area contributed by atoms with E-state index in [1.807, 2.05) is 42.5 Å². The summed E-state index contributed by atoms with van der Waals surface area (Å²) in [7, 11) is 1.21. The van der Waals surface area contributed by atoms with Crippen LogP contribution in [0.1, 0.15) is 35.5 Å². The van der Waals surface area contributed by atoms with E-state index in [1.165, 1.54) is 42.9 Å². The van der Waals surface area contributed by atoms with Crippen molar-refractivity contribution in [3.63, 3.8) is 0 Å². The zero-order valence-corrected chi connectivity index (χ0v) is 23.6. The van der Waals surface area contributed by atoms with Crippen LogP contribution in [0.15, 0.2) is 79.3 Å². The Morgan fingerprint density at radius 3 is 2.33 bits per heavy atom. The van der Waals surface area contributed by atoms with E-state index in [0.717, 1.165) is 10.9 Å². The fourth-order valence-corrected chi connectivity index (χ4v) is 4.60. The number of hydrogen-bond donors (Lipinski definition) is 2. The van der Waals surface area contributed by atoms with Gasteiger partial charge in [0.05, 0.1) is 36.1 Å². The van der Waals surface area contributed by atoms with Crippen LogP contribution in [0.4, 0.5) is 10.5 Å². The number of nitrogens with two attached hydrogens (primary N) is 2. The second kappa shape index (κ2) is 13.2. The van der Waals surface area contributed by atoms with E-state index in [9.17, 15) is 19.2 Å². The molecule has 3 atom stereocenters. The van der Waals surface area contributed by atoms with Crippen molar-refractivity contribution in [1.82, 2.24) is 9.55 Å². The maximum atomic E-state index is 14.0. The topological polar surface area (TPSA) is 160 Å². The monoisotopic (exact) mass is 571 g/mol. The molecule has 1 heterocycles. The standard InChI is InChI=1S/C31H33N5O6/c1-19(32)29(38)36(20(2)30(39)41-3)26-14-13-22-11-7-8-12-24(22)27(26)28(37)25(33)15-23-16-35(18-34-23)31(40)42-17-21-9-5-4-6-10-21/h4-14,16,18-20,25H,15,17,32-33H2,1-3H3/t19-,20-,25-/m0/s1. The van der Waals surface area contributed by atoms with Crippen LogP contribution in [-0.4, -0.2) is 58.5 Å². The molecule has 0 saturated carbocycles. The number of hydrogen-bond acceptors (Lipinski definition) is 9. The molecule has 11 heteroatoms. The van der Waals surface area contributed by atoms with Crippen molar-refractivity contribution >= 4 is 40.2 Å². The molecule has 0 aliphatic carbocycles. The van der Waals surface area contributed by atoms with E-state index in [2.05, 4.69) is 4.98 Å². The molecule has 0 bridgehead atoms. The van der Waals surface area contributed by atoms with Crippen LogP contribution in [0.3, 0.4) is 0 Å². The first kappa shape index (κ1) is 30.1. The van der Waals surface area contributed by atoms with Gasteiger partial charge < -0.3 is 20.9 Å². The smallest absolute Gasteiger partial charge is 0.419 e. The van der Waals surface area contributed by atoms with Crippen LogP contribution in [0.2, 0.25) is 0 Å². The van der Waals surface area contributed by atoms with Gasteiger partial charge in [-0.2, -0.15) is 0 Å². The van der Waals surface area contributed by atoms with Crippen molar-refractivity contribution in [3.8, 4) is 0 Å². The molecule has 0 radical (unpaired) electrons. The van der Waals surface area contributed by atoms with Gasteiger partial charge in [0.15, 0.2) is 5.78 Å². The summed E-state index contributed by atoms with van der Waals surface area (Å²) >= 11 is 0. The summed E-state index contributed by atoms with van der Waals surface area (Å²) in [4.78, 5) is 57.8. The minimum absolute atomic E-state index is 0.00570. The lowest BCUT2D eigenvalue weighted by Gasteiger charge is -2.31. The molecule has 0 aliphatic rings. The number of benzene rings is 3. The largest absolute Gasteiger partial charge is 0.467 e. The molecule has 42 heavy (non-hydrogen) atoms. The third kappa shape index (κ3) is 6.54. The number of ether oxygens (including phenoxy) is 2. The number of ketones is 1. The number of rotatable bonds is 10. The molecule has 4 rings (SSSR count). The number of aromatic nitrogens is 2. The van der Waals surface area contributed by atoms with Gasteiger partial charge >= 0.3 is 12.1 Å². The Hall–Kier alpha value is -4.87. The number of fused-ring (bicyclic) bond motifs is 1. The number of imidazole rings is 1. The third-order valence-corrected chi connectivity index (χ3v) is 6.79. The maximum absolute atomic E-state index is 14.0. The second-order valence-corrected chi connectivity index (χ2v) is 9.86. The Kier molecular flexibility index (Phi) is 9.46. The van der Waals surface area contributed by atoms with E-state index in [-0.39, 0.29) is 24.3 Å². The van der Waals surface area contributed by atoms with Crippen molar-refractivity contribution < 1.29 is 28.7 Å². The highest BCUT2D eigenvalue weighted by Gasteiger charge is 2.34. The molecule has 3 aromatic carbocycles. The van der Waals surface area contributed by atoms with E-state index in [4.69, 9.17) is 20.9 Å². The first-order valence-corrected chi connectivity index (χ1v) is 13.3. The van der Waals surface area contributed by atoms with E-state index < -0.39 is 41.9 Å². The van der Waals surface area contributed by atoms with Crippen molar-refractivity contribution in [2.24, 2.45) is 11.5 Å². The number of amides is 1. The van der Waals surface area contributed by atoms with Crippen molar-refractivity contribution in [3.05, 3.63) is 96.1 Å². The van der Waals surface area contributed by atoms with E-state index in [0.29, 0.717) is 11.1 Å². The first-order chi connectivity index (χ1) is 20.1. The molecule has 0 spiro atoms. The zero-order valence-electron chi connectivity index (χ0n) is 23.6. The predicted octanol–water partition coefficient (Wildman–Crippen LogP) is 3.22. The number of methoxy groups -OCH3 is 1. The molecule has 4 N–H and O–H groups in total. The Labute approximate surface area is 243 Å². The number of nitrogens with zero attached hydrogens (tertiary/aromatic N) is 3. The van der Waals surface area contributed by atoms with Crippen LogP contribution in [-0.2, 0) is 32.1 Å². The lowest BCUT2D eigenvalue weighted by molar-refractivity contribution is -0.143. The molecule has 0 saturated heterocycles. The van der Waals surface area contributed by atoms with Gasteiger partial charge in [-0.3, -0.25) is 14.5 Å². The number of carbonyl (C=O) groups is 4. The summed E-state index contributed by atoms with van der Waals surface area (Å²) in [5.74, 6) is -1.73. The van der Waals surface area contributed by atoms with Gasteiger partial charge in [-0.1, -0.05) is 60.7 Å². The summed E-state index contributed by atoms with van der Waals surface area (Å²) in [5.41, 5.74) is 13.9. The number of carbonyl (C=O) groups excluding carboxylic acids is 4. The molecule has 4 aromatic rings. The Balaban J connectivity index is 1.63.